The molecular weight excluding hydrogens is 330 g/mol. The zero-order valence-corrected chi connectivity index (χ0v) is 15.9. The average Bonchev–Trinajstić information content (AvgIpc) is 2.82. The van der Waals surface area contributed by atoms with Gasteiger partial charge < -0.3 is 10.6 Å². The third-order valence-corrected chi connectivity index (χ3v) is 4.79. The highest BCUT2D eigenvalue weighted by molar-refractivity contribution is 6.08. The number of nitrogens with zero attached hydrogens (tertiary/aromatic N) is 1. The van der Waals surface area contributed by atoms with Gasteiger partial charge in [0, 0.05) is 6.54 Å². The smallest absolute Gasteiger partial charge is 0.325 e. The number of urea groups is 1. The van der Waals surface area contributed by atoms with Gasteiger partial charge in [-0.15, -0.1) is 0 Å². The highest BCUT2D eigenvalue weighted by Crippen LogP contribution is 2.23. The molecule has 2 N–H and O–H groups in total. The van der Waals surface area contributed by atoms with E-state index >= 15 is 0 Å². The monoisotopic (exact) mass is 359 g/mol. The normalized spacial score (nSPS) is 19.6. The van der Waals surface area contributed by atoms with E-state index in [4.69, 9.17) is 0 Å². The molecule has 1 aliphatic rings. The lowest BCUT2D eigenvalue weighted by atomic mass is 9.94. The summed E-state index contributed by atoms with van der Waals surface area (Å²) in [5, 5.41) is 5.51. The molecule has 6 nitrogen and oxygen atoms in total. The standard InChI is InChI=1S/C20H29N3O3/c1-4-5-6-7-12-20(3)18(25)23(19(26)22-20)14-17(24)21-13-16-10-8-15(2)9-11-16/h8-11H,4-7,12-14H2,1-3H3,(H,21,24)(H,22,26). The molecule has 0 aliphatic carbocycles. The minimum absolute atomic E-state index is 0.249. The van der Waals surface area contributed by atoms with Crippen LogP contribution in [0.5, 0.6) is 0 Å². The van der Waals surface area contributed by atoms with Gasteiger partial charge in [0.05, 0.1) is 0 Å². The molecular formula is C20H29N3O3. The Bertz CT molecular complexity index is 657. The van der Waals surface area contributed by atoms with E-state index in [0.717, 1.165) is 41.7 Å². The van der Waals surface area contributed by atoms with Crippen LogP contribution in [0.15, 0.2) is 24.3 Å². The molecule has 0 radical (unpaired) electrons. The Kier molecular flexibility index (Phi) is 6.77. The van der Waals surface area contributed by atoms with Gasteiger partial charge in [0.1, 0.15) is 12.1 Å². The molecule has 142 valence electrons. The molecule has 0 bridgehead atoms. The van der Waals surface area contributed by atoms with Crippen LogP contribution in [0.1, 0.15) is 57.1 Å². The highest BCUT2D eigenvalue weighted by Gasteiger charge is 2.47. The first-order valence-electron chi connectivity index (χ1n) is 9.32. The summed E-state index contributed by atoms with van der Waals surface area (Å²) in [5.41, 5.74) is 1.22. The Hall–Kier alpha value is -2.37. The van der Waals surface area contributed by atoms with E-state index in [1.807, 2.05) is 31.2 Å². The van der Waals surface area contributed by atoms with Crippen LogP contribution in [0.4, 0.5) is 4.79 Å². The Morgan fingerprint density at radius 1 is 1.15 bits per heavy atom. The molecule has 26 heavy (non-hydrogen) atoms. The van der Waals surface area contributed by atoms with Crippen molar-refractivity contribution in [2.75, 3.05) is 6.54 Å². The van der Waals surface area contributed by atoms with E-state index in [9.17, 15) is 14.4 Å². The van der Waals surface area contributed by atoms with Crippen molar-refractivity contribution in [3.05, 3.63) is 35.4 Å². The van der Waals surface area contributed by atoms with Gasteiger partial charge >= 0.3 is 6.03 Å². The predicted molar refractivity (Wildman–Crippen MR) is 100 cm³/mol. The number of carbonyl (C=O) groups excluding carboxylic acids is 3. The molecule has 0 saturated carbocycles. The lowest BCUT2D eigenvalue weighted by Crippen LogP contribution is -2.45. The summed E-state index contributed by atoms with van der Waals surface area (Å²) >= 11 is 0. The first kappa shape index (κ1) is 19.9. The van der Waals surface area contributed by atoms with Crippen LogP contribution in [-0.4, -0.2) is 34.8 Å². The maximum Gasteiger partial charge on any atom is 0.325 e. The lowest BCUT2D eigenvalue weighted by Gasteiger charge is -2.21. The van der Waals surface area contributed by atoms with Gasteiger partial charge in [-0.25, -0.2) is 4.79 Å². The van der Waals surface area contributed by atoms with Crippen LogP contribution in [0.3, 0.4) is 0 Å². The van der Waals surface area contributed by atoms with Gasteiger partial charge in [0.2, 0.25) is 5.91 Å². The second-order valence-corrected chi connectivity index (χ2v) is 7.23. The molecule has 1 heterocycles. The van der Waals surface area contributed by atoms with Crippen LogP contribution >= 0.6 is 0 Å². The fourth-order valence-corrected chi connectivity index (χ4v) is 3.07. The second-order valence-electron chi connectivity index (χ2n) is 7.23. The Morgan fingerprint density at radius 2 is 1.85 bits per heavy atom. The van der Waals surface area contributed by atoms with Crippen molar-refractivity contribution >= 4 is 17.8 Å². The molecule has 6 heteroatoms. The number of rotatable bonds is 9. The summed E-state index contributed by atoms with van der Waals surface area (Å²) in [6, 6.07) is 7.35. The zero-order valence-electron chi connectivity index (χ0n) is 15.9. The third kappa shape index (κ3) is 5.07. The summed E-state index contributed by atoms with van der Waals surface area (Å²) < 4.78 is 0. The number of hydrogen-bond donors (Lipinski definition) is 2. The van der Waals surface area contributed by atoms with Gasteiger partial charge in [-0.2, -0.15) is 0 Å². The van der Waals surface area contributed by atoms with E-state index in [2.05, 4.69) is 17.6 Å². The molecule has 0 aromatic heterocycles. The van der Waals surface area contributed by atoms with Crippen LogP contribution in [0, 0.1) is 6.92 Å². The maximum absolute atomic E-state index is 12.6. The minimum atomic E-state index is -0.901. The number of imide groups is 1. The second kappa shape index (κ2) is 8.83. The van der Waals surface area contributed by atoms with E-state index in [0.29, 0.717) is 13.0 Å². The van der Waals surface area contributed by atoms with Gasteiger partial charge in [0.15, 0.2) is 0 Å². The van der Waals surface area contributed by atoms with Crippen molar-refractivity contribution in [3.63, 3.8) is 0 Å². The number of amides is 4. The molecule has 1 aromatic carbocycles. The fraction of sp³-hybridized carbons (Fsp3) is 0.550. The lowest BCUT2D eigenvalue weighted by molar-refractivity contribution is -0.134. The van der Waals surface area contributed by atoms with E-state index in [-0.39, 0.29) is 18.4 Å². The molecule has 1 unspecified atom stereocenters. The number of aryl methyl sites for hydroxylation is 1. The van der Waals surface area contributed by atoms with E-state index in [1.54, 1.807) is 6.92 Å². The molecule has 0 spiro atoms. The van der Waals surface area contributed by atoms with E-state index < -0.39 is 11.6 Å². The minimum Gasteiger partial charge on any atom is -0.350 e. The van der Waals surface area contributed by atoms with Gasteiger partial charge in [-0.3, -0.25) is 14.5 Å². The third-order valence-electron chi connectivity index (χ3n) is 4.79. The molecule has 1 atom stereocenters. The SMILES string of the molecule is CCCCCCC1(C)NC(=O)N(CC(=O)NCc2ccc(C)cc2)C1=O. The predicted octanol–water partition coefficient (Wildman–Crippen LogP) is 2.89. The van der Waals surface area contributed by atoms with Crippen molar-refractivity contribution in [1.82, 2.24) is 15.5 Å². The number of benzene rings is 1. The molecule has 1 fully saturated rings. The number of unbranched alkanes of at least 4 members (excludes halogenated alkanes) is 3. The summed E-state index contributed by atoms with van der Waals surface area (Å²) in [5.74, 6) is -0.659. The molecule has 4 amide bonds. The number of hydrogen-bond acceptors (Lipinski definition) is 3. The van der Waals surface area contributed by atoms with Crippen LogP contribution in [0.2, 0.25) is 0 Å². The summed E-state index contributed by atoms with van der Waals surface area (Å²) in [6.45, 7) is 5.99. The molecule has 1 aliphatic heterocycles. The first-order valence-corrected chi connectivity index (χ1v) is 9.32. The van der Waals surface area contributed by atoms with E-state index in [1.165, 1.54) is 0 Å². The quantitative estimate of drug-likeness (QED) is 0.526. The van der Waals surface area contributed by atoms with Crippen LogP contribution in [-0.2, 0) is 16.1 Å². The topological polar surface area (TPSA) is 78.5 Å². The number of nitrogens with one attached hydrogen (secondary N) is 2. The Balaban J connectivity index is 1.85. The largest absolute Gasteiger partial charge is 0.350 e. The highest BCUT2D eigenvalue weighted by atomic mass is 16.2. The van der Waals surface area contributed by atoms with Crippen molar-refractivity contribution < 1.29 is 14.4 Å². The summed E-state index contributed by atoms with van der Waals surface area (Å²) in [4.78, 5) is 37.9. The van der Waals surface area contributed by atoms with Crippen molar-refractivity contribution in [2.45, 2.75) is 65.0 Å². The molecule has 2 rings (SSSR count). The van der Waals surface area contributed by atoms with Crippen molar-refractivity contribution in [3.8, 4) is 0 Å². The van der Waals surface area contributed by atoms with Gasteiger partial charge in [0.25, 0.3) is 5.91 Å². The zero-order chi connectivity index (χ0) is 19.2. The van der Waals surface area contributed by atoms with Gasteiger partial charge in [-0.1, -0.05) is 62.4 Å². The van der Waals surface area contributed by atoms with Gasteiger partial charge in [-0.05, 0) is 25.8 Å². The Morgan fingerprint density at radius 3 is 2.50 bits per heavy atom. The number of carbonyl (C=O) groups is 3. The van der Waals surface area contributed by atoms with Crippen LogP contribution in [0.25, 0.3) is 0 Å². The Labute approximate surface area is 155 Å². The average molecular weight is 359 g/mol. The molecule has 1 saturated heterocycles. The summed E-state index contributed by atoms with van der Waals surface area (Å²) in [7, 11) is 0. The summed E-state index contributed by atoms with van der Waals surface area (Å²) in [6.07, 6.45) is 4.74. The molecule has 1 aromatic rings. The first-order chi connectivity index (χ1) is 12.4. The van der Waals surface area contributed by atoms with Crippen LogP contribution < -0.4 is 10.6 Å². The maximum atomic E-state index is 12.6. The van der Waals surface area contributed by atoms with Crippen molar-refractivity contribution in [2.24, 2.45) is 0 Å². The van der Waals surface area contributed by atoms with Crippen molar-refractivity contribution in [1.29, 1.82) is 0 Å². The fourth-order valence-electron chi connectivity index (χ4n) is 3.07.